The van der Waals surface area contributed by atoms with Crippen LogP contribution in [0.3, 0.4) is 0 Å². The average molecular weight is 239 g/mol. The highest BCUT2D eigenvalue weighted by atomic mass is 16.2. The second-order valence-electron chi connectivity index (χ2n) is 5.98. The van der Waals surface area contributed by atoms with E-state index in [4.69, 9.17) is 0 Å². The van der Waals surface area contributed by atoms with Gasteiger partial charge in [0.05, 0.1) is 6.67 Å². The topological polar surface area (TPSA) is 52.6 Å². The lowest BCUT2D eigenvalue weighted by Gasteiger charge is -2.21. The second-order valence-corrected chi connectivity index (χ2v) is 5.98. The third-order valence-corrected chi connectivity index (χ3v) is 3.72. The molecule has 2 aliphatic rings. The van der Waals surface area contributed by atoms with Gasteiger partial charge in [0.1, 0.15) is 6.54 Å². The highest BCUT2D eigenvalue weighted by Gasteiger charge is 2.34. The first-order valence-electron chi connectivity index (χ1n) is 6.17. The lowest BCUT2D eigenvalue weighted by molar-refractivity contribution is -0.125. The SMILES string of the molecule is CN1CN(C(=O)NC2CCC(C)(C)C2)CC1=O. The van der Waals surface area contributed by atoms with Crippen LogP contribution in [0, 0.1) is 5.41 Å². The molecule has 1 saturated heterocycles. The molecule has 5 heteroatoms. The quantitative estimate of drug-likeness (QED) is 0.742. The van der Waals surface area contributed by atoms with E-state index in [1.54, 1.807) is 16.8 Å². The molecule has 96 valence electrons. The summed E-state index contributed by atoms with van der Waals surface area (Å²) in [6, 6.07) is 0.156. The fourth-order valence-corrected chi connectivity index (χ4v) is 2.63. The van der Waals surface area contributed by atoms with Crippen molar-refractivity contribution in [2.24, 2.45) is 5.41 Å². The Balaban J connectivity index is 1.84. The molecule has 1 unspecified atom stereocenters. The molecule has 1 atom stereocenters. The molecule has 0 radical (unpaired) electrons. The minimum absolute atomic E-state index is 0.00639. The Hall–Kier alpha value is -1.26. The highest BCUT2D eigenvalue weighted by Crippen LogP contribution is 2.36. The molecule has 0 aromatic carbocycles. The first kappa shape index (κ1) is 12.2. The lowest BCUT2D eigenvalue weighted by Crippen LogP contribution is -2.43. The summed E-state index contributed by atoms with van der Waals surface area (Å²) in [5.74, 6) is 0.00639. The third kappa shape index (κ3) is 2.70. The third-order valence-electron chi connectivity index (χ3n) is 3.72. The minimum Gasteiger partial charge on any atom is -0.335 e. The van der Waals surface area contributed by atoms with Crippen LogP contribution in [0.15, 0.2) is 0 Å². The van der Waals surface area contributed by atoms with Gasteiger partial charge in [-0.3, -0.25) is 9.69 Å². The van der Waals surface area contributed by atoms with Gasteiger partial charge < -0.3 is 10.2 Å². The Kier molecular flexibility index (Phi) is 3.02. The zero-order valence-electron chi connectivity index (χ0n) is 10.8. The lowest BCUT2D eigenvalue weighted by atomic mass is 9.92. The molecule has 1 saturated carbocycles. The summed E-state index contributed by atoms with van der Waals surface area (Å²) < 4.78 is 0. The van der Waals surface area contributed by atoms with Gasteiger partial charge >= 0.3 is 6.03 Å². The first-order chi connectivity index (χ1) is 7.87. The zero-order valence-corrected chi connectivity index (χ0v) is 10.8. The standard InChI is InChI=1S/C12H21N3O2/c1-12(2)5-4-9(6-12)13-11(17)15-7-10(16)14(3)8-15/h9H,4-8H2,1-3H3,(H,13,17). The van der Waals surface area contributed by atoms with Crippen molar-refractivity contribution in [2.45, 2.75) is 39.2 Å². The van der Waals surface area contributed by atoms with Crippen LogP contribution in [0.5, 0.6) is 0 Å². The number of urea groups is 1. The van der Waals surface area contributed by atoms with Crippen LogP contribution < -0.4 is 5.32 Å². The molecule has 0 spiro atoms. The van der Waals surface area contributed by atoms with E-state index >= 15 is 0 Å². The number of nitrogens with one attached hydrogen (secondary N) is 1. The Labute approximate surface area is 102 Å². The monoisotopic (exact) mass is 239 g/mol. The predicted molar refractivity (Wildman–Crippen MR) is 64.3 cm³/mol. The summed E-state index contributed by atoms with van der Waals surface area (Å²) in [4.78, 5) is 26.4. The van der Waals surface area contributed by atoms with Crippen LogP contribution in [0.25, 0.3) is 0 Å². The van der Waals surface area contributed by atoms with Gasteiger partial charge in [0.15, 0.2) is 0 Å². The fraction of sp³-hybridized carbons (Fsp3) is 0.833. The van der Waals surface area contributed by atoms with Crippen LogP contribution in [0.2, 0.25) is 0 Å². The maximum Gasteiger partial charge on any atom is 0.319 e. The van der Waals surface area contributed by atoms with E-state index in [-0.39, 0.29) is 24.5 Å². The number of hydrogen-bond donors (Lipinski definition) is 1. The van der Waals surface area contributed by atoms with Crippen molar-refractivity contribution in [2.75, 3.05) is 20.3 Å². The maximum absolute atomic E-state index is 11.9. The molecular weight excluding hydrogens is 218 g/mol. The summed E-state index contributed by atoms with van der Waals surface area (Å²) in [6.45, 7) is 5.07. The summed E-state index contributed by atoms with van der Waals surface area (Å²) in [6.07, 6.45) is 3.21. The van der Waals surface area contributed by atoms with Crippen molar-refractivity contribution in [3.63, 3.8) is 0 Å². The van der Waals surface area contributed by atoms with Crippen molar-refractivity contribution in [1.82, 2.24) is 15.1 Å². The van der Waals surface area contributed by atoms with E-state index in [1.807, 2.05) is 0 Å². The predicted octanol–water partition coefficient (Wildman–Crippen LogP) is 1.01. The van der Waals surface area contributed by atoms with Crippen molar-refractivity contribution in [3.05, 3.63) is 0 Å². The molecule has 2 fully saturated rings. The molecule has 1 aliphatic heterocycles. The summed E-state index contributed by atoms with van der Waals surface area (Å²) >= 11 is 0. The van der Waals surface area contributed by atoms with E-state index in [0.717, 1.165) is 19.3 Å². The average Bonchev–Trinajstić information content (AvgIpc) is 2.71. The van der Waals surface area contributed by atoms with Crippen LogP contribution in [0.4, 0.5) is 4.79 Å². The van der Waals surface area contributed by atoms with Crippen molar-refractivity contribution in [1.29, 1.82) is 0 Å². The molecule has 1 heterocycles. The summed E-state index contributed by atoms with van der Waals surface area (Å²) in [7, 11) is 1.72. The van der Waals surface area contributed by atoms with Gasteiger partial charge in [-0.1, -0.05) is 13.8 Å². The molecule has 17 heavy (non-hydrogen) atoms. The fourth-order valence-electron chi connectivity index (χ4n) is 2.63. The molecule has 0 aromatic heterocycles. The number of nitrogens with zero attached hydrogens (tertiary/aromatic N) is 2. The van der Waals surface area contributed by atoms with Gasteiger partial charge in [0, 0.05) is 13.1 Å². The molecular formula is C12H21N3O2. The number of carbonyl (C=O) groups excluding carboxylic acids is 2. The van der Waals surface area contributed by atoms with E-state index in [0.29, 0.717) is 12.1 Å². The molecule has 1 N–H and O–H groups in total. The number of likely N-dealkylation sites (N-methyl/N-ethyl adjacent to an activating group) is 1. The molecule has 0 aromatic rings. The van der Waals surface area contributed by atoms with E-state index in [9.17, 15) is 9.59 Å². The largest absolute Gasteiger partial charge is 0.335 e. The van der Waals surface area contributed by atoms with E-state index < -0.39 is 0 Å². The molecule has 3 amide bonds. The first-order valence-corrected chi connectivity index (χ1v) is 6.17. The number of carbonyl (C=O) groups is 2. The Morgan fingerprint density at radius 3 is 2.65 bits per heavy atom. The van der Waals surface area contributed by atoms with Gasteiger partial charge in [-0.2, -0.15) is 0 Å². The normalized spacial score (nSPS) is 27.7. The van der Waals surface area contributed by atoms with Gasteiger partial charge in [-0.05, 0) is 24.7 Å². The highest BCUT2D eigenvalue weighted by molar-refractivity contribution is 5.86. The smallest absolute Gasteiger partial charge is 0.319 e. The Morgan fingerprint density at radius 1 is 1.47 bits per heavy atom. The molecule has 1 aliphatic carbocycles. The number of amides is 3. The van der Waals surface area contributed by atoms with Crippen molar-refractivity contribution >= 4 is 11.9 Å². The zero-order chi connectivity index (χ0) is 12.6. The summed E-state index contributed by atoms with van der Waals surface area (Å²) in [5, 5.41) is 3.03. The van der Waals surface area contributed by atoms with Crippen LogP contribution in [-0.2, 0) is 4.79 Å². The molecule has 2 rings (SSSR count). The Bertz CT molecular complexity index is 341. The maximum atomic E-state index is 11.9. The number of rotatable bonds is 1. The van der Waals surface area contributed by atoms with Gasteiger partial charge in [-0.25, -0.2) is 4.79 Å². The van der Waals surface area contributed by atoms with Crippen molar-refractivity contribution < 1.29 is 9.59 Å². The van der Waals surface area contributed by atoms with Crippen molar-refractivity contribution in [3.8, 4) is 0 Å². The van der Waals surface area contributed by atoms with E-state index in [2.05, 4.69) is 19.2 Å². The van der Waals surface area contributed by atoms with Crippen LogP contribution in [0.1, 0.15) is 33.1 Å². The summed E-state index contributed by atoms with van der Waals surface area (Å²) in [5.41, 5.74) is 0.329. The Morgan fingerprint density at radius 2 is 2.18 bits per heavy atom. The van der Waals surface area contributed by atoms with Gasteiger partial charge in [0.2, 0.25) is 5.91 Å². The van der Waals surface area contributed by atoms with Crippen LogP contribution >= 0.6 is 0 Å². The van der Waals surface area contributed by atoms with Gasteiger partial charge in [0.25, 0.3) is 0 Å². The second kappa shape index (κ2) is 4.20. The minimum atomic E-state index is -0.106. The van der Waals surface area contributed by atoms with Crippen LogP contribution in [-0.4, -0.2) is 48.0 Å². The van der Waals surface area contributed by atoms with Gasteiger partial charge in [-0.15, -0.1) is 0 Å². The number of hydrogen-bond acceptors (Lipinski definition) is 2. The molecule has 5 nitrogen and oxygen atoms in total. The molecule has 0 bridgehead atoms. The van der Waals surface area contributed by atoms with E-state index in [1.165, 1.54) is 0 Å².